The minimum atomic E-state index is -0.164. The van der Waals surface area contributed by atoms with E-state index in [4.69, 9.17) is 4.52 Å². The fraction of sp³-hybridized carbons (Fsp3) is 0.786. The van der Waals surface area contributed by atoms with Crippen molar-refractivity contribution >= 4 is 5.91 Å². The Morgan fingerprint density at radius 3 is 2.37 bits per heavy atom. The molecule has 0 saturated heterocycles. The predicted molar refractivity (Wildman–Crippen MR) is 73.8 cm³/mol. The van der Waals surface area contributed by atoms with Crippen LogP contribution in [0.5, 0.6) is 0 Å². The first-order valence-electron chi connectivity index (χ1n) is 6.78. The van der Waals surface area contributed by atoms with E-state index in [-0.39, 0.29) is 16.9 Å². The van der Waals surface area contributed by atoms with Gasteiger partial charge in [0.15, 0.2) is 5.82 Å². The lowest BCUT2D eigenvalue weighted by molar-refractivity contribution is -0.122. The second kappa shape index (κ2) is 5.72. The summed E-state index contributed by atoms with van der Waals surface area (Å²) in [5.74, 6) is 1.22. The standard InChI is InChI=1S/C14H25N3O2/c1-7-14(5,6)16-10(18)8-9-11-15-12(17-19-11)13(2,3)4/h7-9H2,1-6H3,(H,16,18). The molecule has 1 rings (SSSR count). The van der Waals surface area contributed by atoms with Crippen molar-refractivity contribution in [1.29, 1.82) is 0 Å². The fourth-order valence-corrected chi connectivity index (χ4v) is 1.41. The molecule has 0 aliphatic carbocycles. The molecule has 0 radical (unpaired) electrons. The zero-order valence-electron chi connectivity index (χ0n) is 12.8. The maximum Gasteiger partial charge on any atom is 0.227 e. The molecule has 1 amide bonds. The zero-order valence-corrected chi connectivity index (χ0v) is 12.8. The number of hydrogen-bond acceptors (Lipinski definition) is 4. The molecule has 108 valence electrons. The molecule has 0 unspecified atom stereocenters. The van der Waals surface area contributed by atoms with Crippen molar-refractivity contribution in [2.75, 3.05) is 0 Å². The molecule has 1 aromatic heterocycles. The van der Waals surface area contributed by atoms with Crippen LogP contribution >= 0.6 is 0 Å². The molecule has 0 aliphatic heterocycles. The summed E-state index contributed by atoms with van der Waals surface area (Å²) in [6.07, 6.45) is 1.75. The highest BCUT2D eigenvalue weighted by Crippen LogP contribution is 2.18. The molecule has 5 nitrogen and oxygen atoms in total. The van der Waals surface area contributed by atoms with E-state index in [1.807, 2.05) is 41.5 Å². The number of amides is 1. The summed E-state index contributed by atoms with van der Waals surface area (Å²) in [5, 5.41) is 6.92. The molecule has 0 aliphatic rings. The lowest BCUT2D eigenvalue weighted by atomic mass is 9.96. The molecule has 5 heteroatoms. The number of aromatic nitrogens is 2. The van der Waals surface area contributed by atoms with Gasteiger partial charge in [-0.1, -0.05) is 32.9 Å². The van der Waals surface area contributed by atoms with E-state index in [9.17, 15) is 4.79 Å². The van der Waals surface area contributed by atoms with Crippen LogP contribution in [-0.2, 0) is 16.6 Å². The summed E-state index contributed by atoms with van der Waals surface area (Å²) in [6.45, 7) is 12.1. The third kappa shape index (κ3) is 5.01. The molecule has 1 aromatic rings. The lowest BCUT2D eigenvalue weighted by Gasteiger charge is -2.24. The van der Waals surface area contributed by atoms with E-state index >= 15 is 0 Å². The summed E-state index contributed by atoms with van der Waals surface area (Å²) in [5.41, 5.74) is -0.295. The molecular weight excluding hydrogens is 242 g/mol. The minimum absolute atomic E-state index is 0.0161. The van der Waals surface area contributed by atoms with Gasteiger partial charge in [-0.3, -0.25) is 4.79 Å². The minimum Gasteiger partial charge on any atom is -0.351 e. The van der Waals surface area contributed by atoms with Crippen LogP contribution in [0, 0.1) is 0 Å². The van der Waals surface area contributed by atoms with E-state index in [0.717, 1.165) is 6.42 Å². The molecule has 1 N–H and O–H groups in total. The smallest absolute Gasteiger partial charge is 0.227 e. The van der Waals surface area contributed by atoms with Gasteiger partial charge in [0.25, 0.3) is 0 Å². The van der Waals surface area contributed by atoms with Crippen LogP contribution in [0.2, 0.25) is 0 Å². The number of nitrogens with one attached hydrogen (secondary N) is 1. The molecular formula is C14H25N3O2. The first-order valence-corrected chi connectivity index (χ1v) is 6.78. The van der Waals surface area contributed by atoms with Gasteiger partial charge >= 0.3 is 0 Å². The van der Waals surface area contributed by atoms with Gasteiger partial charge in [0.2, 0.25) is 11.8 Å². The Morgan fingerprint density at radius 1 is 1.26 bits per heavy atom. The number of nitrogens with zero attached hydrogens (tertiary/aromatic N) is 2. The van der Waals surface area contributed by atoms with Crippen LogP contribution in [-0.4, -0.2) is 21.6 Å². The van der Waals surface area contributed by atoms with Crippen LogP contribution in [0.1, 0.15) is 66.1 Å². The average molecular weight is 267 g/mol. The SMILES string of the molecule is CCC(C)(C)NC(=O)CCc1nc(C(C)(C)C)no1. The van der Waals surface area contributed by atoms with Gasteiger partial charge in [-0.2, -0.15) is 4.98 Å². The van der Waals surface area contributed by atoms with Crippen molar-refractivity contribution in [3.8, 4) is 0 Å². The Kier molecular flexibility index (Phi) is 4.71. The van der Waals surface area contributed by atoms with Crippen molar-refractivity contribution in [2.45, 2.75) is 71.8 Å². The number of rotatable bonds is 5. The Balaban J connectivity index is 2.49. The lowest BCUT2D eigenvalue weighted by Crippen LogP contribution is -2.42. The van der Waals surface area contributed by atoms with Gasteiger partial charge in [-0.15, -0.1) is 0 Å². The third-order valence-electron chi connectivity index (χ3n) is 3.07. The Morgan fingerprint density at radius 2 is 1.89 bits per heavy atom. The van der Waals surface area contributed by atoms with Crippen LogP contribution in [0.15, 0.2) is 4.52 Å². The van der Waals surface area contributed by atoms with E-state index in [1.54, 1.807) is 0 Å². The Labute approximate surface area is 115 Å². The maximum absolute atomic E-state index is 11.8. The van der Waals surface area contributed by atoms with Crippen LogP contribution in [0.4, 0.5) is 0 Å². The normalized spacial score (nSPS) is 12.5. The van der Waals surface area contributed by atoms with Crippen molar-refractivity contribution in [2.24, 2.45) is 0 Å². The molecule has 19 heavy (non-hydrogen) atoms. The predicted octanol–water partition coefficient (Wildman–Crippen LogP) is 2.60. The molecule has 0 saturated carbocycles. The van der Waals surface area contributed by atoms with Crippen molar-refractivity contribution in [3.63, 3.8) is 0 Å². The van der Waals surface area contributed by atoms with Gasteiger partial charge in [0, 0.05) is 23.8 Å². The molecule has 0 spiro atoms. The molecule has 0 atom stereocenters. The first kappa shape index (κ1) is 15.7. The largest absolute Gasteiger partial charge is 0.351 e. The highest BCUT2D eigenvalue weighted by atomic mass is 16.5. The second-order valence-corrected chi connectivity index (χ2v) is 6.55. The second-order valence-electron chi connectivity index (χ2n) is 6.55. The van der Waals surface area contributed by atoms with Gasteiger partial charge in [0.05, 0.1) is 0 Å². The highest BCUT2D eigenvalue weighted by molar-refractivity contribution is 5.76. The van der Waals surface area contributed by atoms with Crippen molar-refractivity contribution in [3.05, 3.63) is 11.7 Å². The van der Waals surface area contributed by atoms with Crippen LogP contribution in [0.3, 0.4) is 0 Å². The molecule has 0 aromatic carbocycles. The molecule has 0 bridgehead atoms. The van der Waals surface area contributed by atoms with Gasteiger partial charge in [-0.05, 0) is 20.3 Å². The number of hydrogen-bond donors (Lipinski definition) is 1. The van der Waals surface area contributed by atoms with Crippen LogP contribution < -0.4 is 5.32 Å². The first-order chi connectivity index (χ1) is 8.64. The summed E-state index contributed by atoms with van der Waals surface area (Å²) in [7, 11) is 0. The number of carbonyl (C=O) groups excluding carboxylic acids is 1. The maximum atomic E-state index is 11.8. The van der Waals surface area contributed by atoms with Gasteiger partial charge in [-0.25, -0.2) is 0 Å². The van der Waals surface area contributed by atoms with Crippen LogP contribution in [0.25, 0.3) is 0 Å². The van der Waals surface area contributed by atoms with Gasteiger partial charge < -0.3 is 9.84 Å². The fourth-order valence-electron chi connectivity index (χ4n) is 1.41. The van der Waals surface area contributed by atoms with Crippen molar-refractivity contribution < 1.29 is 9.32 Å². The Bertz CT molecular complexity index is 430. The average Bonchev–Trinajstić information content (AvgIpc) is 2.74. The molecule has 1 heterocycles. The van der Waals surface area contributed by atoms with Gasteiger partial charge in [0.1, 0.15) is 0 Å². The molecule has 0 fully saturated rings. The Hall–Kier alpha value is -1.39. The highest BCUT2D eigenvalue weighted by Gasteiger charge is 2.22. The summed E-state index contributed by atoms with van der Waals surface area (Å²) in [6, 6.07) is 0. The van der Waals surface area contributed by atoms with E-state index in [1.165, 1.54) is 0 Å². The van der Waals surface area contributed by atoms with E-state index in [2.05, 4.69) is 15.5 Å². The summed E-state index contributed by atoms with van der Waals surface area (Å²) >= 11 is 0. The number of aryl methyl sites for hydroxylation is 1. The van der Waals surface area contributed by atoms with Crippen molar-refractivity contribution in [1.82, 2.24) is 15.5 Å². The van der Waals surface area contributed by atoms with E-state index < -0.39 is 0 Å². The topological polar surface area (TPSA) is 68.0 Å². The zero-order chi connectivity index (χ0) is 14.7. The number of carbonyl (C=O) groups is 1. The third-order valence-corrected chi connectivity index (χ3v) is 3.07. The summed E-state index contributed by atoms with van der Waals surface area (Å²) < 4.78 is 5.16. The monoisotopic (exact) mass is 267 g/mol. The quantitative estimate of drug-likeness (QED) is 0.890. The summed E-state index contributed by atoms with van der Waals surface area (Å²) in [4.78, 5) is 16.1. The van der Waals surface area contributed by atoms with E-state index in [0.29, 0.717) is 24.6 Å².